The van der Waals surface area contributed by atoms with E-state index in [1.807, 2.05) is 24.3 Å². The van der Waals surface area contributed by atoms with Crippen LogP contribution in [-0.2, 0) is 11.3 Å². The monoisotopic (exact) mass is 344 g/mol. The molecule has 0 saturated carbocycles. The van der Waals surface area contributed by atoms with Crippen LogP contribution in [0.4, 0.5) is 4.39 Å². The molecule has 1 heterocycles. The van der Waals surface area contributed by atoms with Gasteiger partial charge in [-0.05, 0) is 24.3 Å². The molecule has 3 aromatic rings. The van der Waals surface area contributed by atoms with Crippen LogP contribution in [0.15, 0.2) is 48.5 Å². The first-order valence-corrected chi connectivity index (χ1v) is 8.40. The minimum atomic E-state index is -0.355. The van der Waals surface area contributed by atoms with Crippen molar-refractivity contribution in [3.05, 3.63) is 59.4 Å². The van der Waals surface area contributed by atoms with Crippen molar-refractivity contribution >= 4 is 27.5 Å². The molecule has 0 spiro atoms. The van der Waals surface area contributed by atoms with Crippen molar-refractivity contribution < 1.29 is 13.9 Å². The van der Waals surface area contributed by atoms with Gasteiger partial charge in [0.05, 0.1) is 29.8 Å². The molecule has 0 unspecified atom stereocenters. The Kier molecular flexibility index (Phi) is 5.05. The first-order valence-electron chi connectivity index (χ1n) is 7.58. The summed E-state index contributed by atoms with van der Waals surface area (Å²) in [6.07, 6.45) is 0.234. The smallest absolute Gasteiger partial charge is 0.226 e. The third kappa shape index (κ3) is 4.08. The van der Waals surface area contributed by atoms with E-state index in [1.165, 1.54) is 12.1 Å². The summed E-state index contributed by atoms with van der Waals surface area (Å²) in [5, 5.41) is 0.901. The molecule has 2 aromatic carbocycles. The number of ether oxygens (including phenoxy) is 1. The number of carbonyl (C=O) groups excluding carboxylic acids is 1. The zero-order chi connectivity index (χ0) is 16.9. The first kappa shape index (κ1) is 16.4. The molecule has 1 aromatic heterocycles. The van der Waals surface area contributed by atoms with Crippen molar-refractivity contribution in [2.45, 2.75) is 13.0 Å². The van der Waals surface area contributed by atoms with Crippen LogP contribution in [0, 0.1) is 5.82 Å². The third-order valence-corrected chi connectivity index (χ3v) is 4.54. The van der Waals surface area contributed by atoms with E-state index in [9.17, 15) is 9.18 Å². The molecule has 3 rings (SSSR count). The first-order chi connectivity index (χ1) is 11.6. The fourth-order valence-corrected chi connectivity index (χ4v) is 3.30. The second-order valence-electron chi connectivity index (χ2n) is 5.38. The summed E-state index contributed by atoms with van der Waals surface area (Å²) in [5.41, 5.74) is 0.952. The molecule has 0 bridgehead atoms. The predicted octanol–water partition coefficient (Wildman–Crippen LogP) is 3.86. The Morgan fingerprint density at radius 3 is 2.88 bits per heavy atom. The molecule has 124 valence electrons. The van der Waals surface area contributed by atoms with Crippen molar-refractivity contribution in [3.63, 3.8) is 0 Å². The van der Waals surface area contributed by atoms with Gasteiger partial charge in [0, 0.05) is 13.1 Å². The molecule has 0 fully saturated rings. The summed E-state index contributed by atoms with van der Waals surface area (Å²) in [5.74, 6) is 0.0362. The molecular weight excluding hydrogens is 327 g/mol. The number of nitrogens with zero attached hydrogens (tertiary/aromatic N) is 2. The summed E-state index contributed by atoms with van der Waals surface area (Å²) in [7, 11) is 1.75. The lowest BCUT2D eigenvalue weighted by Gasteiger charge is -2.15. The normalized spacial score (nSPS) is 10.8. The zero-order valence-electron chi connectivity index (χ0n) is 13.2. The lowest BCUT2D eigenvalue weighted by atomic mass is 10.3. The second kappa shape index (κ2) is 7.40. The highest BCUT2D eigenvalue weighted by molar-refractivity contribution is 7.18. The van der Waals surface area contributed by atoms with Crippen LogP contribution >= 0.6 is 11.3 Å². The van der Waals surface area contributed by atoms with Gasteiger partial charge in [-0.15, -0.1) is 11.3 Å². The van der Waals surface area contributed by atoms with E-state index < -0.39 is 0 Å². The maximum absolute atomic E-state index is 13.1. The molecule has 0 saturated heterocycles. The Balaban J connectivity index is 1.51. The van der Waals surface area contributed by atoms with Crippen LogP contribution in [0.2, 0.25) is 0 Å². The number of halogens is 1. The second-order valence-corrected chi connectivity index (χ2v) is 6.50. The van der Waals surface area contributed by atoms with E-state index in [0.717, 1.165) is 15.2 Å². The minimum absolute atomic E-state index is 0.0364. The van der Waals surface area contributed by atoms with Crippen molar-refractivity contribution in [1.82, 2.24) is 9.88 Å². The fourth-order valence-electron chi connectivity index (χ4n) is 2.28. The molecule has 0 N–H and O–H groups in total. The number of rotatable bonds is 6. The standard InChI is InChI=1S/C18H17FN2O2S/c1-21(12-17-20-15-7-2-3-8-16(15)24-17)18(22)9-10-23-14-6-4-5-13(19)11-14/h2-8,11H,9-10,12H2,1H3. The average molecular weight is 344 g/mol. The number of amides is 1. The minimum Gasteiger partial charge on any atom is -0.493 e. The lowest BCUT2D eigenvalue weighted by Crippen LogP contribution is -2.27. The van der Waals surface area contributed by atoms with E-state index >= 15 is 0 Å². The lowest BCUT2D eigenvalue weighted by molar-refractivity contribution is -0.130. The maximum Gasteiger partial charge on any atom is 0.226 e. The number of fused-ring (bicyclic) bond motifs is 1. The van der Waals surface area contributed by atoms with Gasteiger partial charge in [-0.1, -0.05) is 18.2 Å². The molecule has 1 amide bonds. The van der Waals surface area contributed by atoms with Gasteiger partial charge < -0.3 is 9.64 Å². The summed E-state index contributed by atoms with van der Waals surface area (Å²) in [6.45, 7) is 0.685. The molecule has 0 atom stereocenters. The number of para-hydroxylation sites is 1. The summed E-state index contributed by atoms with van der Waals surface area (Å²) < 4.78 is 19.6. The molecule has 6 heteroatoms. The molecular formula is C18H17FN2O2S. The van der Waals surface area contributed by atoms with E-state index in [0.29, 0.717) is 12.3 Å². The molecule has 4 nitrogen and oxygen atoms in total. The SMILES string of the molecule is CN(Cc1nc2ccccc2s1)C(=O)CCOc1cccc(F)c1. The predicted molar refractivity (Wildman–Crippen MR) is 92.6 cm³/mol. The van der Waals surface area contributed by atoms with Crippen molar-refractivity contribution in [3.8, 4) is 5.75 Å². The van der Waals surface area contributed by atoms with Gasteiger partial charge in [-0.25, -0.2) is 9.37 Å². The van der Waals surface area contributed by atoms with Crippen LogP contribution < -0.4 is 4.74 Å². The van der Waals surface area contributed by atoms with Crippen LogP contribution in [0.1, 0.15) is 11.4 Å². The molecule has 0 aliphatic rings. The van der Waals surface area contributed by atoms with Crippen molar-refractivity contribution in [1.29, 1.82) is 0 Å². The van der Waals surface area contributed by atoms with Gasteiger partial charge in [-0.3, -0.25) is 4.79 Å². The molecule has 24 heavy (non-hydrogen) atoms. The maximum atomic E-state index is 13.1. The van der Waals surface area contributed by atoms with Crippen LogP contribution in [0.25, 0.3) is 10.2 Å². The Labute approximate surface area is 143 Å². The highest BCUT2D eigenvalue weighted by atomic mass is 32.1. The number of carbonyl (C=O) groups is 1. The number of aromatic nitrogens is 1. The highest BCUT2D eigenvalue weighted by Gasteiger charge is 2.12. The van der Waals surface area contributed by atoms with E-state index in [2.05, 4.69) is 4.98 Å². The number of thiazole rings is 1. The third-order valence-electron chi connectivity index (χ3n) is 3.52. The Bertz CT molecular complexity index is 817. The fraction of sp³-hybridized carbons (Fsp3) is 0.222. The number of hydrogen-bond donors (Lipinski definition) is 0. The van der Waals surface area contributed by atoms with E-state index in [1.54, 1.807) is 35.4 Å². The van der Waals surface area contributed by atoms with Crippen LogP contribution in [0.5, 0.6) is 5.75 Å². The number of hydrogen-bond acceptors (Lipinski definition) is 4. The Morgan fingerprint density at radius 1 is 1.25 bits per heavy atom. The average Bonchev–Trinajstić information content (AvgIpc) is 2.97. The van der Waals surface area contributed by atoms with Gasteiger partial charge in [0.2, 0.25) is 5.91 Å². The van der Waals surface area contributed by atoms with Gasteiger partial charge in [0.25, 0.3) is 0 Å². The van der Waals surface area contributed by atoms with Gasteiger partial charge in [0.15, 0.2) is 0 Å². The van der Waals surface area contributed by atoms with Crippen LogP contribution in [0.3, 0.4) is 0 Å². The van der Waals surface area contributed by atoms with E-state index in [4.69, 9.17) is 4.74 Å². The Morgan fingerprint density at radius 2 is 2.08 bits per heavy atom. The van der Waals surface area contributed by atoms with Crippen LogP contribution in [-0.4, -0.2) is 29.4 Å². The highest BCUT2D eigenvalue weighted by Crippen LogP contribution is 2.22. The van der Waals surface area contributed by atoms with Crippen molar-refractivity contribution in [2.75, 3.05) is 13.7 Å². The molecule has 0 aliphatic carbocycles. The number of benzene rings is 2. The van der Waals surface area contributed by atoms with Crippen molar-refractivity contribution in [2.24, 2.45) is 0 Å². The summed E-state index contributed by atoms with van der Waals surface area (Å²) >= 11 is 1.59. The topological polar surface area (TPSA) is 42.4 Å². The zero-order valence-corrected chi connectivity index (χ0v) is 14.1. The Hall–Kier alpha value is -2.47. The molecule has 0 aliphatic heterocycles. The van der Waals surface area contributed by atoms with Gasteiger partial charge >= 0.3 is 0 Å². The van der Waals surface area contributed by atoms with Gasteiger partial charge in [0.1, 0.15) is 16.6 Å². The molecule has 0 radical (unpaired) electrons. The quantitative estimate of drug-likeness (QED) is 0.682. The summed E-state index contributed by atoms with van der Waals surface area (Å²) in [6, 6.07) is 13.8. The van der Waals surface area contributed by atoms with Gasteiger partial charge in [-0.2, -0.15) is 0 Å². The van der Waals surface area contributed by atoms with E-state index in [-0.39, 0.29) is 24.8 Å². The largest absolute Gasteiger partial charge is 0.493 e. The summed E-state index contributed by atoms with van der Waals surface area (Å²) in [4.78, 5) is 18.3.